The first kappa shape index (κ1) is 12.2. The van der Waals surface area contributed by atoms with E-state index in [1.165, 1.54) is 0 Å². The van der Waals surface area contributed by atoms with Gasteiger partial charge in [0.2, 0.25) is 0 Å². The molecule has 2 N–H and O–H groups in total. The summed E-state index contributed by atoms with van der Waals surface area (Å²) >= 11 is 0. The highest BCUT2D eigenvalue weighted by molar-refractivity contribution is 6.01. The summed E-state index contributed by atoms with van der Waals surface area (Å²) in [5.74, 6) is -0.0658. The van der Waals surface area contributed by atoms with Gasteiger partial charge in [-0.3, -0.25) is 9.59 Å². The highest BCUT2D eigenvalue weighted by atomic mass is 16.2. The standard InChI is InChI=1S/C16H15N3O2/c1-9-7-19-8-10(5-14(19)16(21)18-9)11-3-2-4-12-13(11)6-17-15(12)20/h2-5,8-9H,6-7H2,1H3,(H,17,20)(H,18,21)/t9-/m1/s1. The number of benzene rings is 1. The van der Waals surface area contributed by atoms with E-state index in [9.17, 15) is 9.59 Å². The first-order valence-electron chi connectivity index (χ1n) is 7.05. The Morgan fingerprint density at radius 1 is 1.19 bits per heavy atom. The number of amides is 2. The molecule has 2 aliphatic rings. The lowest BCUT2D eigenvalue weighted by molar-refractivity contribution is 0.0905. The molecule has 1 aromatic carbocycles. The van der Waals surface area contributed by atoms with Crippen LogP contribution in [0.15, 0.2) is 30.5 Å². The molecule has 1 aromatic heterocycles. The molecule has 2 amide bonds. The number of rotatable bonds is 1. The highest BCUT2D eigenvalue weighted by Crippen LogP contribution is 2.31. The van der Waals surface area contributed by atoms with Crippen LogP contribution in [0.2, 0.25) is 0 Å². The molecule has 0 aliphatic carbocycles. The minimum atomic E-state index is -0.0400. The van der Waals surface area contributed by atoms with Gasteiger partial charge in [0, 0.05) is 36.5 Å². The van der Waals surface area contributed by atoms with E-state index in [1.54, 1.807) is 0 Å². The van der Waals surface area contributed by atoms with Gasteiger partial charge in [-0.15, -0.1) is 0 Å². The Hall–Kier alpha value is -2.56. The smallest absolute Gasteiger partial charge is 0.268 e. The first-order valence-corrected chi connectivity index (χ1v) is 7.05. The quantitative estimate of drug-likeness (QED) is 0.832. The van der Waals surface area contributed by atoms with Gasteiger partial charge in [-0.25, -0.2) is 0 Å². The highest BCUT2D eigenvalue weighted by Gasteiger charge is 2.25. The van der Waals surface area contributed by atoms with Crippen molar-refractivity contribution < 1.29 is 9.59 Å². The van der Waals surface area contributed by atoms with Crippen LogP contribution in [0.1, 0.15) is 33.3 Å². The third-order valence-corrected chi connectivity index (χ3v) is 4.13. The maximum Gasteiger partial charge on any atom is 0.268 e. The van der Waals surface area contributed by atoms with E-state index in [0.717, 1.165) is 28.8 Å². The van der Waals surface area contributed by atoms with E-state index < -0.39 is 0 Å². The van der Waals surface area contributed by atoms with Crippen molar-refractivity contribution in [1.82, 2.24) is 15.2 Å². The minimum Gasteiger partial charge on any atom is -0.348 e. The zero-order chi connectivity index (χ0) is 14.6. The topological polar surface area (TPSA) is 63.1 Å². The fourth-order valence-corrected chi connectivity index (χ4v) is 3.16. The second-order valence-corrected chi connectivity index (χ2v) is 5.66. The molecule has 0 saturated heterocycles. The minimum absolute atomic E-state index is 0.0258. The Bertz CT molecular complexity index is 776. The number of hydrogen-bond donors (Lipinski definition) is 2. The second-order valence-electron chi connectivity index (χ2n) is 5.66. The van der Waals surface area contributed by atoms with Gasteiger partial charge >= 0.3 is 0 Å². The van der Waals surface area contributed by atoms with Crippen molar-refractivity contribution in [2.75, 3.05) is 0 Å². The van der Waals surface area contributed by atoms with Crippen LogP contribution in [0.4, 0.5) is 0 Å². The Balaban J connectivity index is 1.85. The van der Waals surface area contributed by atoms with Gasteiger partial charge in [0.1, 0.15) is 5.69 Å². The lowest BCUT2D eigenvalue weighted by atomic mass is 9.99. The fraction of sp³-hybridized carbons (Fsp3) is 0.250. The summed E-state index contributed by atoms with van der Waals surface area (Å²) in [4.78, 5) is 23.8. The molecule has 2 aromatic rings. The molecule has 2 aliphatic heterocycles. The number of nitrogens with zero attached hydrogens (tertiary/aromatic N) is 1. The third-order valence-electron chi connectivity index (χ3n) is 4.13. The lowest BCUT2D eigenvalue weighted by Crippen LogP contribution is -2.41. The van der Waals surface area contributed by atoms with E-state index in [1.807, 2.05) is 42.0 Å². The molecule has 0 radical (unpaired) electrons. The summed E-state index contributed by atoms with van der Waals surface area (Å²) < 4.78 is 1.99. The van der Waals surface area contributed by atoms with Crippen molar-refractivity contribution >= 4 is 11.8 Å². The van der Waals surface area contributed by atoms with E-state index in [-0.39, 0.29) is 17.9 Å². The molecule has 1 atom stereocenters. The summed E-state index contributed by atoms with van der Waals surface area (Å²) in [7, 11) is 0. The maximum atomic E-state index is 12.0. The zero-order valence-corrected chi connectivity index (χ0v) is 11.6. The monoisotopic (exact) mass is 281 g/mol. The van der Waals surface area contributed by atoms with Crippen molar-refractivity contribution in [3.05, 3.63) is 47.3 Å². The van der Waals surface area contributed by atoms with Gasteiger partial charge < -0.3 is 15.2 Å². The average molecular weight is 281 g/mol. The summed E-state index contributed by atoms with van der Waals surface area (Å²) in [5.41, 5.74) is 4.43. The molecule has 0 bridgehead atoms. The molecule has 3 heterocycles. The molecular formula is C16H15N3O2. The molecule has 5 nitrogen and oxygen atoms in total. The molecule has 0 saturated carbocycles. The predicted octanol–water partition coefficient (Wildman–Crippen LogP) is 1.53. The molecule has 4 rings (SSSR count). The van der Waals surface area contributed by atoms with Gasteiger partial charge in [0.05, 0.1) is 0 Å². The van der Waals surface area contributed by atoms with E-state index in [0.29, 0.717) is 12.2 Å². The number of fused-ring (bicyclic) bond motifs is 2. The number of carbonyl (C=O) groups excluding carboxylic acids is 2. The van der Waals surface area contributed by atoms with Crippen LogP contribution in [0, 0.1) is 0 Å². The number of nitrogens with one attached hydrogen (secondary N) is 2. The summed E-state index contributed by atoms with van der Waals surface area (Å²) in [6, 6.07) is 7.76. The summed E-state index contributed by atoms with van der Waals surface area (Å²) in [6.45, 7) is 3.31. The van der Waals surface area contributed by atoms with Gasteiger partial charge in [-0.2, -0.15) is 0 Å². The van der Waals surface area contributed by atoms with Crippen molar-refractivity contribution in [1.29, 1.82) is 0 Å². The van der Waals surface area contributed by atoms with Crippen LogP contribution in [-0.2, 0) is 13.1 Å². The van der Waals surface area contributed by atoms with Crippen LogP contribution in [0.5, 0.6) is 0 Å². The summed E-state index contributed by atoms with van der Waals surface area (Å²) in [6.07, 6.45) is 2.00. The van der Waals surface area contributed by atoms with Gasteiger partial charge in [-0.1, -0.05) is 12.1 Å². The summed E-state index contributed by atoms with van der Waals surface area (Å²) in [5, 5.41) is 5.78. The van der Waals surface area contributed by atoms with Crippen LogP contribution in [0.25, 0.3) is 11.1 Å². The zero-order valence-electron chi connectivity index (χ0n) is 11.6. The molecule has 21 heavy (non-hydrogen) atoms. The molecule has 5 heteroatoms. The molecular weight excluding hydrogens is 266 g/mol. The third kappa shape index (κ3) is 1.77. The number of carbonyl (C=O) groups is 2. The Morgan fingerprint density at radius 3 is 2.86 bits per heavy atom. The fourth-order valence-electron chi connectivity index (χ4n) is 3.16. The molecule has 0 spiro atoms. The Kier molecular flexibility index (Phi) is 2.45. The Morgan fingerprint density at radius 2 is 2.00 bits per heavy atom. The number of aromatic nitrogens is 1. The molecule has 0 unspecified atom stereocenters. The Labute approximate surface area is 122 Å². The second kappa shape index (κ2) is 4.22. The van der Waals surface area contributed by atoms with E-state index >= 15 is 0 Å². The lowest BCUT2D eigenvalue weighted by Gasteiger charge is -2.22. The van der Waals surface area contributed by atoms with Crippen molar-refractivity contribution in [2.45, 2.75) is 26.1 Å². The van der Waals surface area contributed by atoms with Crippen LogP contribution < -0.4 is 10.6 Å². The van der Waals surface area contributed by atoms with Gasteiger partial charge in [0.15, 0.2) is 0 Å². The van der Waals surface area contributed by atoms with E-state index in [2.05, 4.69) is 10.6 Å². The number of hydrogen-bond acceptors (Lipinski definition) is 2. The van der Waals surface area contributed by atoms with E-state index in [4.69, 9.17) is 0 Å². The average Bonchev–Trinajstić information content (AvgIpc) is 3.03. The van der Waals surface area contributed by atoms with Crippen LogP contribution in [-0.4, -0.2) is 22.4 Å². The first-order chi connectivity index (χ1) is 10.1. The molecule has 0 fully saturated rings. The van der Waals surface area contributed by atoms with Gasteiger partial charge in [-0.05, 0) is 30.2 Å². The SMILES string of the molecule is C[C@@H]1Cn2cc(-c3cccc4c3CNC4=O)cc2C(=O)N1. The largest absolute Gasteiger partial charge is 0.348 e. The van der Waals surface area contributed by atoms with Crippen molar-refractivity contribution in [3.8, 4) is 11.1 Å². The van der Waals surface area contributed by atoms with Gasteiger partial charge in [0.25, 0.3) is 11.8 Å². The van der Waals surface area contributed by atoms with Crippen LogP contribution in [0.3, 0.4) is 0 Å². The van der Waals surface area contributed by atoms with Crippen LogP contribution >= 0.6 is 0 Å². The maximum absolute atomic E-state index is 12.0. The van der Waals surface area contributed by atoms with Crippen molar-refractivity contribution in [3.63, 3.8) is 0 Å². The normalized spacial score (nSPS) is 19.8. The predicted molar refractivity (Wildman–Crippen MR) is 78.0 cm³/mol. The van der Waals surface area contributed by atoms with Crippen molar-refractivity contribution in [2.24, 2.45) is 0 Å². The molecule has 106 valence electrons.